The molecule has 1 atom stereocenters. The van der Waals surface area contributed by atoms with Crippen LogP contribution < -0.4 is 0 Å². The molecule has 3 fully saturated rings. The highest BCUT2D eigenvalue weighted by molar-refractivity contribution is 5.97. The third kappa shape index (κ3) is 3.45. The summed E-state index contributed by atoms with van der Waals surface area (Å²) in [6.45, 7) is 3.76. The van der Waals surface area contributed by atoms with E-state index in [4.69, 9.17) is 0 Å². The lowest BCUT2D eigenvalue weighted by atomic mass is 9.76. The van der Waals surface area contributed by atoms with Crippen LogP contribution in [-0.4, -0.2) is 58.4 Å². The summed E-state index contributed by atoms with van der Waals surface area (Å²) in [7, 11) is 0. The minimum atomic E-state index is -0.941. The normalized spacial score (nSPS) is 24.3. The molecule has 1 spiro atoms. The van der Waals surface area contributed by atoms with Crippen molar-refractivity contribution in [3.05, 3.63) is 35.4 Å². The molecule has 3 aliphatic rings. The Hall–Kier alpha value is -2.37. The number of benzene rings is 1. The van der Waals surface area contributed by atoms with Crippen LogP contribution in [0.15, 0.2) is 24.3 Å². The molecule has 1 aromatic rings. The number of aryl methyl sites for hydroxylation is 1. The molecule has 6 nitrogen and oxygen atoms in total. The zero-order valence-electron chi connectivity index (χ0n) is 15.7. The highest BCUT2D eigenvalue weighted by Crippen LogP contribution is 2.45. The number of nitrogens with zero attached hydrogens (tertiary/aromatic N) is 2. The molecule has 27 heavy (non-hydrogen) atoms. The molecule has 144 valence electrons. The Labute approximate surface area is 159 Å². The van der Waals surface area contributed by atoms with Gasteiger partial charge in [0.05, 0.1) is 0 Å². The van der Waals surface area contributed by atoms with E-state index in [-0.39, 0.29) is 23.1 Å². The molecular formula is C21H26N2O4. The number of aliphatic carboxylic acids is 1. The number of carbonyl (C=O) groups is 3. The Bertz CT molecular complexity index is 761. The molecule has 4 rings (SSSR count). The summed E-state index contributed by atoms with van der Waals surface area (Å²) in [6.07, 6.45) is 4.02. The molecule has 0 radical (unpaired) electrons. The summed E-state index contributed by atoms with van der Waals surface area (Å²) >= 11 is 0. The number of hydrogen-bond donors (Lipinski definition) is 1. The lowest BCUT2D eigenvalue weighted by Gasteiger charge is -2.39. The topological polar surface area (TPSA) is 77.9 Å². The molecule has 0 aromatic heterocycles. The summed E-state index contributed by atoms with van der Waals surface area (Å²) in [4.78, 5) is 40.6. The first kappa shape index (κ1) is 18.0. The lowest BCUT2D eigenvalue weighted by Crippen LogP contribution is -2.45. The Kier molecular flexibility index (Phi) is 4.44. The zero-order chi connectivity index (χ0) is 19.2. The van der Waals surface area contributed by atoms with E-state index < -0.39 is 12.0 Å². The van der Waals surface area contributed by atoms with Crippen molar-refractivity contribution >= 4 is 17.8 Å². The number of amides is 2. The van der Waals surface area contributed by atoms with E-state index in [1.165, 1.54) is 4.90 Å². The number of carboxylic acids is 1. The van der Waals surface area contributed by atoms with Gasteiger partial charge >= 0.3 is 5.97 Å². The van der Waals surface area contributed by atoms with E-state index in [2.05, 4.69) is 0 Å². The van der Waals surface area contributed by atoms with Gasteiger partial charge in [0.2, 0.25) is 5.91 Å². The van der Waals surface area contributed by atoms with Gasteiger partial charge in [-0.3, -0.25) is 9.59 Å². The van der Waals surface area contributed by atoms with Crippen LogP contribution in [0.3, 0.4) is 0 Å². The first-order valence-corrected chi connectivity index (χ1v) is 9.78. The van der Waals surface area contributed by atoms with Gasteiger partial charge in [-0.05, 0) is 56.6 Å². The van der Waals surface area contributed by atoms with E-state index >= 15 is 0 Å². The fourth-order valence-corrected chi connectivity index (χ4v) is 4.50. The number of piperidine rings is 1. The van der Waals surface area contributed by atoms with Gasteiger partial charge in [-0.1, -0.05) is 17.7 Å². The van der Waals surface area contributed by atoms with Crippen LogP contribution in [0.25, 0.3) is 0 Å². The Morgan fingerprint density at radius 3 is 2.26 bits per heavy atom. The molecule has 1 N–H and O–H groups in total. The predicted octanol–water partition coefficient (Wildman–Crippen LogP) is 2.31. The first-order chi connectivity index (χ1) is 12.9. The summed E-state index contributed by atoms with van der Waals surface area (Å²) in [5.41, 5.74) is 1.40. The highest BCUT2D eigenvalue weighted by Gasteiger charge is 2.50. The fraction of sp³-hybridized carbons (Fsp3) is 0.571. The number of carbonyl (C=O) groups excluding carboxylic acids is 2. The van der Waals surface area contributed by atoms with Crippen molar-refractivity contribution in [1.29, 1.82) is 0 Å². The SMILES string of the molecule is Cc1ccc(C(=O)N2CC3(CCN(C(=O)C4CC4)CC3)CC2C(=O)O)cc1. The van der Waals surface area contributed by atoms with Crippen LogP contribution in [0, 0.1) is 18.3 Å². The monoisotopic (exact) mass is 370 g/mol. The highest BCUT2D eigenvalue weighted by atomic mass is 16.4. The van der Waals surface area contributed by atoms with Crippen LogP contribution in [0.1, 0.15) is 48.0 Å². The minimum Gasteiger partial charge on any atom is -0.480 e. The number of hydrogen-bond acceptors (Lipinski definition) is 3. The summed E-state index contributed by atoms with van der Waals surface area (Å²) in [5, 5.41) is 9.70. The average Bonchev–Trinajstić information content (AvgIpc) is 3.44. The maximum absolute atomic E-state index is 13.0. The van der Waals surface area contributed by atoms with Crippen LogP contribution in [0.2, 0.25) is 0 Å². The van der Waals surface area contributed by atoms with Crippen LogP contribution >= 0.6 is 0 Å². The molecule has 0 bridgehead atoms. The maximum Gasteiger partial charge on any atom is 0.326 e. The third-order valence-corrected chi connectivity index (χ3v) is 6.42. The van der Waals surface area contributed by atoms with Gasteiger partial charge in [0.1, 0.15) is 6.04 Å². The van der Waals surface area contributed by atoms with Crippen molar-refractivity contribution in [2.75, 3.05) is 19.6 Å². The number of carboxylic acid groups (broad SMARTS) is 1. The Balaban J connectivity index is 1.48. The largest absolute Gasteiger partial charge is 0.480 e. The number of likely N-dealkylation sites (tertiary alicyclic amines) is 2. The zero-order valence-corrected chi connectivity index (χ0v) is 15.7. The summed E-state index contributed by atoms with van der Waals surface area (Å²) < 4.78 is 0. The molecule has 2 aliphatic heterocycles. The van der Waals surface area contributed by atoms with Crippen molar-refractivity contribution in [2.24, 2.45) is 11.3 Å². The summed E-state index contributed by atoms with van der Waals surface area (Å²) in [5.74, 6) is -0.682. The molecular weight excluding hydrogens is 344 g/mol. The Morgan fingerprint density at radius 2 is 1.70 bits per heavy atom. The second-order valence-corrected chi connectivity index (χ2v) is 8.46. The molecule has 2 heterocycles. The van der Waals surface area contributed by atoms with Gasteiger partial charge in [0.15, 0.2) is 0 Å². The van der Waals surface area contributed by atoms with Gasteiger partial charge < -0.3 is 14.9 Å². The second kappa shape index (κ2) is 6.66. The fourth-order valence-electron chi connectivity index (χ4n) is 4.50. The van der Waals surface area contributed by atoms with E-state index in [1.54, 1.807) is 12.1 Å². The third-order valence-electron chi connectivity index (χ3n) is 6.42. The van der Waals surface area contributed by atoms with Crippen LogP contribution in [0.4, 0.5) is 0 Å². The smallest absolute Gasteiger partial charge is 0.326 e. The van der Waals surface area contributed by atoms with Gasteiger partial charge in [0, 0.05) is 31.1 Å². The summed E-state index contributed by atoms with van der Waals surface area (Å²) in [6, 6.07) is 6.48. The van der Waals surface area contributed by atoms with Gasteiger partial charge in [-0.2, -0.15) is 0 Å². The predicted molar refractivity (Wildman–Crippen MR) is 99.2 cm³/mol. The van der Waals surface area contributed by atoms with Crippen LogP contribution in [-0.2, 0) is 9.59 Å². The van der Waals surface area contributed by atoms with Crippen molar-refractivity contribution in [3.63, 3.8) is 0 Å². The van der Waals surface area contributed by atoms with Crippen molar-refractivity contribution in [3.8, 4) is 0 Å². The standard InChI is InChI=1S/C21H26N2O4/c1-14-2-4-16(5-3-14)19(25)23-13-21(12-17(23)20(26)27)8-10-22(11-9-21)18(24)15-6-7-15/h2-5,15,17H,6-13H2,1H3,(H,26,27). The quantitative estimate of drug-likeness (QED) is 0.886. The lowest BCUT2D eigenvalue weighted by molar-refractivity contribution is -0.141. The van der Waals surface area contributed by atoms with E-state index in [9.17, 15) is 19.5 Å². The van der Waals surface area contributed by atoms with Gasteiger partial charge in [-0.15, -0.1) is 0 Å². The average molecular weight is 370 g/mol. The van der Waals surface area contributed by atoms with Crippen molar-refractivity contribution < 1.29 is 19.5 Å². The van der Waals surface area contributed by atoms with E-state index in [1.807, 2.05) is 24.0 Å². The molecule has 2 amide bonds. The number of rotatable bonds is 3. The molecule has 6 heteroatoms. The Morgan fingerprint density at radius 1 is 1.07 bits per heavy atom. The molecule has 1 aliphatic carbocycles. The van der Waals surface area contributed by atoms with E-state index in [0.29, 0.717) is 31.6 Å². The second-order valence-electron chi connectivity index (χ2n) is 8.46. The molecule has 1 aromatic carbocycles. The van der Waals surface area contributed by atoms with Gasteiger partial charge in [-0.25, -0.2) is 4.79 Å². The van der Waals surface area contributed by atoms with Crippen LogP contribution in [0.5, 0.6) is 0 Å². The van der Waals surface area contributed by atoms with Crippen molar-refractivity contribution in [2.45, 2.75) is 45.1 Å². The molecule has 2 saturated heterocycles. The van der Waals surface area contributed by atoms with Gasteiger partial charge in [0.25, 0.3) is 5.91 Å². The first-order valence-electron chi connectivity index (χ1n) is 9.78. The van der Waals surface area contributed by atoms with Crippen molar-refractivity contribution in [1.82, 2.24) is 9.80 Å². The maximum atomic E-state index is 13.0. The van der Waals surface area contributed by atoms with E-state index in [0.717, 1.165) is 31.2 Å². The molecule has 1 saturated carbocycles. The molecule has 1 unspecified atom stereocenters. The minimum absolute atomic E-state index is 0.191.